The van der Waals surface area contributed by atoms with Crippen molar-refractivity contribution in [3.05, 3.63) is 119 Å². The predicted octanol–water partition coefficient (Wildman–Crippen LogP) is 9.99. The lowest BCUT2D eigenvalue weighted by atomic mass is 9.90. The van der Waals surface area contributed by atoms with E-state index in [0.717, 1.165) is 107 Å². The fourth-order valence-electron chi connectivity index (χ4n) is 8.34. The van der Waals surface area contributed by atoms with Crippen LogP contribution in [0, 0.1) is 0 Å². The molecule has 0 bridgehead atoms. The summed E-state index contributed by atoms with van der Waals surface area (Å²) in [5.74, 6) is 3.07. The number of benzene rings is 6. The lowest BCUT2D eigenvalue weighted by molar-refractivity contribution is 0.122. The zero-order chi connectivity index (χ0) is 45.6. The summed E-state index contributed by atoms with van der Waals surface area (Å²) in [5.41, 5.74) is 5.25. The maximum Gasteiger partial charge on any atom is 0.127 e. The van der Waals surface area contributed by atoms with Crippen molar-refractivity contribution < 1.29 is 39.4 Å². The van der Waals surface area contributed by atoms with Crippen molar-refractivity contribution >= 4 is 21.5 Å². The van der Waals surface area contributed by atoms with Gasteiger partial charge in [-0.15, -0.1) is 0 Å². The second kappa shape index (κ2) is 23.4. The summed E-state index contributed by atoms with van der Waals surface area (Å²) in [6.45, 7) is 19.0. The van der Waals surface area contributed by atoms with Crippen LogP contribution in [0.15, 0.2) is 97.1 Å². The van der Waals surface area contributed by atoms with Gasteiger partial charge in [-0.1, -0.05) is 64.1 Å². The van der Waals surface area contributed by atoms with E-state index < -0.39 is 12.2 Å². The number of hydrogen-bond acceptors (Lipinski definition) is 10. The topological polar surface area (TPSA) is 124 Å². The van der Waals surface area contributed by atoms with Crippen molar-refractivity contribution in [2.45, 2.75) is 79.4 Å². The molecule has 0 fully saturated rings. The van der Waals surface area contributed by atoms with Crippen LogP contribution in [0.3, 0.4) is 0 Å². The van der Waals surface area contributed by atoms with Crippen molar-refractivity contribution in [3.8, 4) is 45.6 Å². The molecule has 0 spiro atoms. The monoisotopic (exact) mass is 872 g/mol. The number of likely N-dealkylation sites (N-methyl/N-ethyl adjacent to an activating group) is 1. The molecule has 342 valence electrons. The van der Waals surface area contributed by atoms with Crippen LogP contribution < -0.4 is 18.9 Å². The van der Waals surface area contributed by atoms with Gasteiger partial charge in [-0.05, 0) is 146 Å². The molecule has 0 amide bonds. The van der Waals surface area contributed by atoms with E-state index in [9.17, 15) is 20.4 Å². The largest absolute Gasteiger partial charge is 0.508 e. The number of phenols is 2. The minimum atomic E-state index is -0.662. The molecule has 64 heavy (non-hydrogen) atoms. The van der Waals surface area contributed by atoms with Crippen LogP contribution in [-0.4, -0.2) is 108 Å². The number of nitrogens with zero attached hydrogens (tertiary/aromatic N) is 2. The third-order valence-electron chi connectivity index (χ3n) is 11.6. The Morgan fingerprint density at radius 2 is 1.08 bits per heavy atom. The van der Waals surface area contributed by atoms with Gasteiger partial charge in [0.1, 0.15) is 60.9 Å². The number of hydrogen-bond donors (Lipinski definition) is 4. The van der Waals surface area contributed by atoms with Crippen LogP contribution in [0.4, 0.5) is 0 Å². The van der Waals surface area contributed by atoms with Gasteiger partial charge in [-0.2, -0.15) is 0 Å². The third-order valence-corrected chi connectivity index (χ3v) is 11.6. The molecule has 0 aliphatic rings. The van der Waals surface area contributed by atoms with Gasteiger partial charge < -0.3 is 44.3 Å². The van der Waals surface area contributed by atoms with Gasteiger partial charge >= 0.3 is 0 Å². The van der Waals surface area contributed by atoms with Crippen molar-refractivity contribution in [3.63, 3.8) is 0 Å². The Kier molecular flexibility index (Phi) is 17.5. The highest BCUT2D eigenvalue weighted by Gasteiger charge is 2.21. The highest BCUT2D eigenvalue weighted by atomic mass is 16.5. The molecule has 0 heterocycles. The fourth-order valence-corrected chi connectivity index (χ4v) is 8.34. The molecule has 0 radical (unpaired) electrons. The molecule has 0 saturated carbocycles. The van der Waals surface area contributed by atoms with E-state index in [1.165, 1.54) is 0 Å². The Bertz CT molecular complexity index is 2400. The Hall–Kier alpha value is -5.52. The second-order valence-electron chi connectivity index (χ2n) is 16.8. The Balaban J connectivity index is 1.44. The molecule has 10 heteroatoms. The molecule has 4 N–H and O–H groups in total. The molecular weight excluding hydrogens is 805 g/mol. The highest BCUT2D eigenvalue weighted by Crippen LogP contribution is 2.45. The molecule has 2 unspecified atom stereocenters. The molecule has 10 nitrogen and oxygen atoms in total. The third kappa shape index (κ3) is 12.6. The number of aliphatic hydroxyl groups is 2. The number of rotatable bonds is 25. The highest BCUT2D eigenvalue weighted by molar-refractivity contribution is 6.03. The van der Waals surface area contributed by atoms with Gasteiger partial charge in [0.15, 0.2) is 0 Å². The van der Waals surface area contributed by atoms with E-state index in [-0.39, 0.29) is 24.7 Å². The normalized spacial score (nSPS) is 12.6. The van der Waals surface area contributed by atoms with Crippen LogP contribution in [0.2, 0.25) is 0 Å². The quantitative estimate of drug-likeness (QED) is 0.0442. The Morgan fingerprint density at radius 3 is 1.73 bits per heavy atom. The summed E-state index contributed by atoms with van der Waals surface area (Å²) in [4.78, 5) is 4.75. The van der Waals surface area contributed by atoms with Gasteiger partial charge in [0.25, 0.3) is 0 Å². The average Bonchev–Trinajstić information content (AvgIpc) is 3.28. The lowest BCUT2D eigenvalue weighted by Crippen LogP contribution is -2.30. The first-order chi connectivity index (χ1) is 31.0. The molecule has 2 atom stereocenters. The first-order valence-electron chi connectivity index (χ1n) is 23.1. The smallest absolute Gasteiger partial charge is 0.127 e. The Morgan fingerprint density at radius 1 is 0.516 bits per heavy atom. The summed E-state index contributed by atoms with van der Waals surface area (Å²) in [6.07, 6.45) is 1.80. The summed E-state index contributed by atoms with van der Waals surface area (Å²) in [6, 6.07) is 31.0. The summed E-state index contributed by atoms with van der Waals surface area (Å²) < 4.78 is 25.2. The molecule has 0 aliphatic carbocycles. The van der Waals surface area contributed by atoms with Gasteiger partial charge in [0.05, 0.1) is 12.2 Å². The SMILES string of the molecule is CCCN(CCC)CCOc1ccc(Cc2c(OCC(C)O)ccc3cc(O)ccc23)cc1-c1c(O)ccc2c(Cc3ccc(OCCN(CC)CC)cc3)c(OCC(C)O)ccc12. The molecule has 6 aromatic carbocycles. The van der Waals surface area contributed by atoms with Crippen molar-refractivity contribution in [1.29, 1.82) is 0 Å². The molecule has 0 saturated heterocycles. The average molecular weight is 873 g/mol. The van der Waals surface area contributed by atoms with Crippen molar-refractivity contribution in [2.24, 2.45) is 0 Å². The van der Waals surface area contributed by atoms with Crippen molar-refractivity contribution in [1.82, 2.24) is 9.80 Å². The summed E-state index contributed by atoms with van der Waals surface area (Å²) in [5, 5.41) is 46.2. The number of ether oxygens (including phenoxy) is 4. The number of aromatic hydroxyl groups is 2. The van der Waals surface area contributed by atoms with E-state index in [1.54, 1.807) is 32.0 Å². The first kappa shape index (κ1) is 47.9. The Labute approximate surface area is 379 Å². The van der Waals surface area contributed by atoms with E-state index in [1.807, 2.05) is 54.6 Å². The number of fused-ring (bicyclic) bond motifs is 2. The molecule has 6 aromatic rings. The maximum absolute atomic E-state index is 11.9. The fraction of sp³-hybridized carbons (Fsp3) is 0.407. The number of aliphatic hydroxyl groups excluding tert-OH is 2. The maximum atomic E-state index is 11.9. The van der Waals surface area contributed by atoms with E-state index in [2.05, 4.69) is 61.8 Å². The van der Waals surface area contributed by atoms with E-state index in [4.69, 9.17) is 18.9 Å². The lowest BCUT2D eigenvalue weighted by Gasteiger charge is -2.23. The molecule has 0 aromatic heterocycles. The molecular formula is C54H68N2O8. The summed E-state index contributed by atoms with van der Waals surface area (Å²) >= 11 is 0. The van der Waals surface area contributed by atoms with Crippen LogP contribution in [-0.2, 0) is 12.8 Å². The van der Waals surface area contributed by atoms with E-state index >= 15 is 0 Å². The first-order valence-corrected chi connectivity index (χ1v) is 23.1. The number of phenolic OH excluding ortho intramolecular Hbond substituents is 2. The van der Waals surface area contributed by atoms with Gasteiger partial charge in [-0.3, -0.25) is 4.90 Å². The minimum Gasteiger partial charge on any atom is -0.508 e. The van der Waals surface area contributed by atoms with Crippen LogP contribution in [0.5, 0.6) is 34.5 Å². The van der Waals surface area contributed by atoms with Crippen LogP contribution >= 0.6 is 0 Å². The van der Waals surface area contributed by atoms with Gasteiger partial charge in [0.2, 0.25) is 0 Å². The zero-order valence-corrected chi connectivity index (χ0v) is 38.6. The van der Waals surface area contributed by atoms with Crippen LogP contribution in [0.1, 0.15) is 76.6 Å². The summed E-state index contributed by atoms with van der Waals surface area (Å²) in [7, 11) is 0. The second-order valence-corrected chi connectivity index (χ2v) is 16.8. The molecule has 0 aliphatic heterocycles. The van der Waals surface area contributed by atoms with Gasteiger partial charge in [-0.25, -0.2) is 0 Å². The minimum absolute atomic E-state index is 0.115. The van der Waals surface area contributed by atoms with Gasteiger partial charge in [0, 0.05) is 48.2 Å². The standard InChI is InChI=1S/C54H68N2O8/c1-7-25-56(26-8-2)28-30-62-53-22-13-40(32-47-44-18-15-42(59)34-41(44)14-23-51(47)63-35-37(5)57)33-49(53)54-46-20-24-52(64-36-38(6)58)48(45(46)19-21-50(54)60)31-39-11-16-43(17-12-39)61-29-27-55(9-3)10-4/h11-24,33-34,37-38,57-60H,7-10,25-32,35-36H2,1-6H3. The predicted molar refractivity (Wildman–Crippen MR) is 259 cm³/mol. The van der Waals surface area contributed by atoms with Crippen molar-refractivity contribution in [2.75, 3.05) is 65.7 Å². The molecule has 6 rings (SSSR count). The zero-order valence-electron chi connectivity index (χ0n) is 38.6. The van der Waals surface area contributed by atoms with Crippen LogP contribution in [0.25, 0.3) is 32.7 Å². The van der Waals surface area contributed by atoms with E-state index in [0.29, 0.717) is 48.9 Å².